The number of benzene rings is 2. The lowest BCUT2D eigenvalue weighted by molar-refractivity contribution is 0.0947. The number of sulfone groups is 1. The molecule has 10 heteroatoms. The minimum Gasteiger partial charge on any atom is -0.351 e. The van der Waals surface area contributed by atoms with Crippen LogP contribution in [0.15, 0.2) is 47.4 Å². The van der Waals surface area contributed by atoms with Gasteiger partial charge in [-0.15, -0.1) is 0 Å². The standard InChI is InChI=1S/C22H25FN4O3S2/c1-2-32(29,30)17-8-6-16(7-9-17)21(28)24-10-11-26-12-14-27(15-13-26)22-25-20-18(23)4-3-5-19(20)31-22/h3-9H,2,10-15H2,1H3,(H,24,28). The third-order valence-electron chi connectivity index (χ3n) is 5.57. The number of aromatic nitrogens is 1. The molecule has 7 nitrogen and oxygen atoms in total. The van der Waals surface area contributed by atoms with Crippen LogP contribution in [0, 0.1) is 5.82 Å². The van der Waals surface area contributed by atoms with Crippen molar-refractivity contribution in [2.75, 3.05) is 49.9 Å². The van der Waals surface area contributed by atoms with E-state index in [-0.39, 0.29) is 22.4 Å². The molecule has 0 unspecified atom stereocenters. The molecule has 1 aromatic heterocycles. The SMILES string of the molecule is CCS(=O)(=O)c1ccc(C(=O)NCCN2CCN(c3nc4c(F)cccc4s3)CC2)cc1. The largest absolute Gasteiger partial charge is 0.351 e. The van der Waals surface area contributed by atoms with E-state index in [9.17, 15) is 17.6 Å². The van der Waals surface area contributed by atoms with Crippen molar-refractivity contribution >= 4 is 42.4 Å². The first-order chi connectivity index (χ1) is 15.4. The van der Waals surface area contributed by atoms with Gasteiger partial charge in [-0.2, -0.15) is 0 Å². The van der Waals surface area contributed by atoms with E-state index in [1.807, 2.05) is 6.07 Å². The smallest absolute Gasteiger partial charge is 0.251 e. The quantitative estimate of drug-likeness (QED) is 0.565. The van der Waals surface area contributed by atoms with Crippen LogP contribution in [0.5, 0.6) is 0 Å². The number of anilines is 1. The van der Waals surface area contributed by atoms with Gasteiger partial charge in [0.1, 0.15) is 11.3 Å². The van der Waals surface area contributed by atoms with Crippen LogP contribution in [0.3, 0.4) is 0 Å². The molecule has 4 rings (SSSR count). The van der Waals surface area contributed by atoms with Gasteiger partial charge in [0.2, 0.25) is 0 Å². The number of hydrogen-bond acceptors (Lipinski definition) is 7. The summed E-state index contributed by atoms with van der Waals surface area (Å²) >= 11 is 1.50. The Balaban J connectivity index is 1.24. The Morgan fingerprint density at radius 2 is 1.84 bits per heavy atom. The number of amides is 1. The van der Waals surface area contributed by atoms with Crippen molar-refractivity contribution in [1.29, 1.82) is 0 Å². The number of para-hydroxylation sites is 1. The van der Waals surface area contributed by atoms with Gasteiger partial charge in [-0.1, -0.05) is 24.3 Å². The lowest BCUT2D eigenvalue weighted by Gasteiger charge is -2.34. The highest BCUT2D eigenvalue weighted by atomic mass is 32.2. The average Bonchev–Trinajstić information content (AvgIpc) is 3.25. The van der Waals surface area contributed by atoms with Crippen molar-refractivity contribution in [1.82, 2.24) is 15.2 Å². The summed E-state index contributed by atoms with van der Waals surface area (Å²) in [5, 5.41) is 3.73. The Morgan fingerprint density at radius 3 is 2.50 bits per heavy atom. The summed E-state index contributed by atoms with van der Waals surface area (Å²) in [7, 11) is -3.27. The molecule has 0 radical (unpaired) electrons. The van der Waals surface area contributed by atoms with Crippen molar-refractivity contribution in [3.05, 3.63) is 53.8 Å². The molecule has 1 aliphatic rings. The van der Waals surface area contributed by atoms with E-state index >= 15 is 0 Å². The molecule has 2 aromatic carbocycles. The van der Waals surface area contributed by atoms with Crippen LogP contribution >= 0.6 is 11.3 Å². The van der Waals surface area contributed by atoms with Gasteiger partial charge in [-0.05, 0) is 36.4 Å². The first kappa shape index (κ1) is 22.6. The highest BCUT2D eigenvalue weighted by Crippen LogP contribution is 2.30. The number of nitrogens with zero attached hydrogens (tertiary/aromatic N) is 3. The molecule has 1 aliphatic heterocycles. The van der Waals surface area contributed by atoms with Crippen LogP contribution in [0.2, 0.25) is 0 Å². The van der Waals surface area contributed by atoms with Gasteiger partial charge in [0.25, 0.3) is 5.91 Å². The molecule has 1 N–H and O–H groups in total. The maximum Gasteiger partial charge on any atom is 0.251 e. The van der Waals surface area contributed by atoms with Crippen LogP contribution in [0.25, 0.3) is 10.2 Å². The van der Waals surface area contributed by atoms with E-state index in [0.717, 1.165) is 42.6 Å². The second-order valence-electron chi connectivity index (χ2n) is 7.60. The Bertz CT molecular complexity index is 1200. The zero-order valence-electron chi connectivity index (χ0n) is 17.8. The summed E-state index contributed by atoms with van der Waals surface area (Å²) in [6, 6.07) is 11.0. The second-order valence-corrected chi connectivity index (χ2v) is 10.9. The van der Waals surface area contributed by atoms with E-state index < -0.39 is 9.84 Å². The lowest BCUT2D eigenvalue weighted by atomic mass is 10.2. The van der Waals surface area contributed by atoms with E-state index in [2.05, 4.69) is 20.1 Å². The van der Waals surface area contributed by atoms with E-state index in [4.69, 9.17) is 0 Å². The average molecular weight is 477 g/mol. The fraction of sp³-hybridized carbons (Fsp3) is 0.364. The van der Waals surface area contributed by atoms with Gasteiger partial charge in [-0.25, -0.2) is 17.8 Å². The highest BCUT2D eigenvalue weighted by molar-refractivity contribution is 7.91. The monoisotopic (exact) mass is 476 g/mol. The van der Waals surface area contributed by atoms with E-state index in [1.165, 1.54) is 41.7 Å². The number of carbonyl (C=O) groups is 1. The van der Waals surface area contributed by atoms with Gasteiger partial charge in [0.05, 0.1) is 15.3 Å². The number of carbonyl (C=O) groups excluding carboxylic acids is 1. The fourth-order valence-electron chi connectivity index (χ4n) is 3.61. The zero-order chi connectivity index (χ0) is 22.7. The highest BCUT2D eigenvalue weighted by Gasteiger charge is 2.20. The number of thiazole rings is 1. The fourth-order valence-corrected chi connectivity index (χ4v) is 5.53. The van der Waals surface area contributed by atoms with Gasteiger partial charge >= 0.3 is 0 Å². The molecular weight excluding hydrogens is 451 g/mol. The predicted octanol–water partition coefficient (Wildman–Crippen LogP) is 2.78. The molecule has 0 bridgehead atoms. The normalized spacial score (nSPS) is 15.2. The van der Waals surface area contributed by atoms with E-state index in [1.54, 1.807) is 13.0 Å². The molecule has 1 amide bonds. The number of piperazine rings is 1. The molecule has 1 saturated heterocycles. The predicted molar refractivity (Wildman–Crippen MR) is 125 cm³/mol. The minimum absolute atomic E-state index is 0.0294. The Hall–Kier alpha value is -2.56. The number of rotatable bonds is 7. The van der Waals surface area contributed by atoms with Crippen LogP contribution < -0.4 is 10.2 Å². The molecule has 1 fully saturated rings. The molecular formula is C22H25FN4O3S2. The summed E-state index contributed by atoms with van der Waals surface area (Å²) in [5.41, 5.74) is 0.867. The number of halogens is 1. The molecule has 0 saturated carbocycles. The first-order valence-corrected chi connectivity index (χ1v) is 13.0. The van der Waals surface area contributed by atoms with Crippen LogP contribution in [0.4, 0.5) is 9.52 Å². The maximum atomic E-state index is 13.9. The Kier molecular flexibility index (Phi) is 6.73. The summed E-state index contributed by atoms with van der Waals surface area (Å²) in [6.45, 7) is 6.06. The molecule has 3 aromatic rings. The topological polar surface area (TPSA) is 82.6 Å². The molecule has 0 aliphatic carbocycles. The van der Waals surface area contributed by atoms with Crippen molar-refractivity contribution in [3.8, 4) is 0 Å². The summed E-state index contributed by atoms with van der Waals surface area (Å²) in [4.78, 5) is 21.5. The van der Waals surface area contributed by atoms with Crippen molar-refractivity contribution < 1.29 is 17.6 Å². The molecule has 2 heterocycles. The molecule has 32 heavy (non-hydrogen) atoms. The van der Waals surface area contributed by atoms with Crippen molar-refractivity contribution in [3.63, 3.8) is 0 Å². The van der Waals surface area contributed by atoms with Gasteiger partial charge in [0.15, 0.2) is 15.0 Å². The van der Waals surface area contributed by atoms with Crippen molar-refractivity contribution in [2.24, 2.45) is 0 Å². The third-order valence-corrected chi connectivity index (χ3v) is 8.40. The maximum absolute atomic E-state index is 13.9. The van der Waals surface area contributed by atoms with Gasteiger partial charge in [-0.3, -0.25) is 9.69 Å². The number of hydrogen-bond donors (Lipinski definition) is 1. The van der Waals surface area contributed by atoms with Gasteiger partial charge in [0, 0.05) is 44.8 Å². The first-order valence-electron chi connectivity index (χ1n) is 10.5. The Labute approximate surface area is 190 Å². The van der Waals surface area contributed by atoms with Crippen LogP contribution in [0.1, 0.15) is 17.3 Å². The van der Waals surface area contributed by atoms with Crippen LogP contribution in [-0.4, -0.2) is 69.2 Å². The van der Waals surface area contributed by atoms with Gasteiger partial charge < -0.3 is 10.2 Å². The second kappa shape index (κ2) is 9.51. The number of fused-ring (bicyclic) bond motifs is 1. The summed E-state index contributed by atoms with van der Waals surface area (Å²) in [5.74, 6) is -0.483. The summed E-state index contributed by atoms with van der Waals surface area (Å²) < 4.78 is 38.5. The molecule has 0 atom stereocenters. The minimum atomic E-state index is -3.27. The van der Waals surface area contributed by atoms with Crippen molar-refractivity contribution in [2.45, 2.75) is 11.8 Å². The molecule has 0 spiro atoms. The number of nitrogens with one attached hydrogen (secondary N) is 1. The summed E-state index contributed by atoms with van der Waals surface area (Å²) in [6.07, 6.45) is 0. The zero-order valence-corrected chi connectivity index (χ0v) is 19.4. The third kappa shape index (κ3) is 4.92. The molecule has 170 valence electrons. The Morgan fingerprint density at radius 1 is 1.12 bits per heavy atom. The van der Waals surface area contributed by atoms with E-state index in [0.29, 0.717) is 17.6 Å². The van der Waals surface area contributed by atoms with Crippen LogP contribution in [-0.2, 0) is 9.84 Å². The lowest BCUT2D eigenvalue weighted by Crippen LogP contribution is -2.48.